The lowest BCUT2D eigenvalue weighted by molar-refractivity contribution is -0.138. The fourth-order valence-electron chi connectivity index (χ4n) is 4.58. The highest BCUT2D eigenvalue weighted by molar-refractivity contribution is 5.95. The molecule has 0 aromatic heterocycles. The first-order chi connectivity index (χ1) is 11.1. The molecule has 0 bridgehead atoms. The molecule has 1 heterocycles. The lowest BCUT2D eigenvalue weighted by Crippen LogP contribution is -2.51. The van der Waals surface area contributed by atoms with Gasteiger partial charge in [-0.15, -0.1) is 0 Å². The summed E-state index contributed by atoms with van der Waals surface area (Å²) in [6, 6.07) is 0. The zero-order valence-electron chi connectivity index (χ0n) is 15.0. The Hall–Kier alpha value is -0.970. The zero-order chi connectivity index (χ0) is 17.8. The minimum absolute atomic E-state index is 0.00881. The second kappa shape index (κ2) is 5.79. The average Bonchev–Trinajstić information content (AvgIpc) is 3.16. The molecule has 2 aliphatic carbocycles. The number of fused-ring (bicyclic) bond motifs is 2. The molecule has 3 fully saturated rings. The number of ether oxygens (including phenoxy) is 1. The Bertz CT molecular complexity index is 578. The van der Waals surface area contributed by atoms with Gasteiger partial charge in [-0.3, -0.25) is 4.79 Å². The molecule has 3 aliphatic rings. The van der Waals surface area contributed by atoms with Gasteiger partial charge in [-0.25, -0.2) is 0 Å². The minimum Gasteiger partial charge on any atom is -0.393 e. The highest BCUT2D eigenvalue weighted by Crippen LogP contribution is 2.60. The molecule has 134 valence electrons. The molecule has 6 atom stereocenters. The second-order valence-corrected chi connectivity index (χ2v) is 8.70. The van der Waals surface area contributed by atoms with Crippen molar-refractivity contribution in [3.8, 4) is 0 Å². The topological polar surface area (TPSA) is 70.1 Å². The smallest absolute Gasteiger partial charge is 0.161 e. The van der Waals surface area contributed by atoms with Gasteiger partial charge in [0.1, 0.15) is 5.60 Å². The Balaban J connectivity index is 1.74. The molecule has 0 radical (unpaired) electrons. The van der Waals surface area contributed by atoms with E-state index in [0.717, 1.165) is 32.1 Å². The summed E-state index contributed by atoms with van der Waals surface area (Å²) in [5, 5.41) is 19.0. The zero-order valence-corrected chi connectivity index (χ0v) is 15.0. The summed E-state index contributed by atoms with van der Waals surface area (Å²) in [5.74, 6) is 0.760. The van der Waals surface area contributed by atoms with Crippen LogP contribution in [0.15, 0.2) is 24.3 Å². The molecule has 2 saturated carbocycles. The van der Waals surface area contributed by atoms with Gasteiger partial charge < -0.3 is 14.9 Å². The van der Waals surface area contributed by atoms with Crippen LogP contribution in [0.5, 0.6) is 0 Å². The van der Waals surface area contributed by atoms with E-state index in [1.165, 1.54) is 24.6 Å². The van der Waals surface area contributed by atoms with Gasteiger partial charge in [0.25, 0.3) is 0 Å². The van der Waals surface area contributed by atoms with Gasteiger partial charge >= 0.3 is 0 Å². The molecule has 4 nitrogen and oxygen atoms in total. The Morgan fingerprint density at radius 1 is 1.46 bits per heavy atom. The minimum atomic E-state index is -1.35. The van der Waals surface area contributed by atoms with Crippen LogP contribution in [0.1, 0.15) is 52.9 Å². The number of hydrogen-bond acceptors (Lipinski definition) is 4. The van der Waals surface area contributed by atoms with E-state index in [2.05, 4.69) is 13.5 Å². The van der Waals surface area contributed by atoms with Crippen LogP contribution < -0.4 is 0 Å². The predicted octanol–water partition coefficient (Wildman–Crippen LogP) is 2.79. The van der Waals surface area contributed by atoms with Crippen LogP contribution >= 0.6 is 0 Å². The van der Waals surface area contributed by atoms with Crippen molar-refractivity contribution in [3.05, 3.63) is 24.3 Å². The Kier molecular flexibility index (Phi) is 4.30. The van der Waals surface area contributed by atoms with Gasteiger partial charge in [0.05, 0.1) is 18.3 Å². The maximum absolute atomic E-state index is 12.8. The summed E-state index contributed by atoms with van der Waals surface area (Å²) in [6.45, 7) is 9.59. The van der Waals surface area contributed by atoms with Crippen LogP contribution in [0.3, 0.4) is 0 Å². The number of carbonyl (C=O) groups excluding carboxylic acids is 1. The number of ketones is 1. The number of aliphatic hydroxyl groups is 2. The van der Waals surface area contributed by atoms with E-state index in [9.17, 15) is 9.90 Å². The summed E-state index contributed by atoms with van der Waals surface area (Å²) >= 11 is 0. The molecule has 0 spiro atoms. The number of aliphatic hydroxyl groups excluding tert-OH is 1. The molecule has 0 aromatic rings. The first-order valence-corrected chi connectivity index (χ1v) is 9.04. The quantitative estimate of drug-likeness (QED) is 0.471. The lowest BCUT2D eigenvalue weighted by atomic mass is 9.49. The van der Waals surface area contributed by atoms with E-state index in [-0.39, 0.29) is 11.4 Å². The maximum atomic E-state index is 12.8. The number of rotatable bonds is 4. The predicted molar refractivity (Wildman–Crippen MR) is 92.4 cm³/mol. The van der Waals surface area contributed by atoms with E-state index in [1.807, 2.05) is 6.92 Å². The molecule has 1 saturated heterocycles. The summed E-state index contributed by atoms with van der Waals surface area (Å²) < 4.78 is 5.87. The summed E-state index contributed by atoms with van der Waals surface area (Å²) in [5.41, 5.74) is -0.498. The van der Waals surface area contributed by atoms with Crippen molar-refractivity contribution in [2.24, 2.45) is 17.3 Å². The lowest BCUT2D eigenvalue weighted by Gasteiger charge is -2.53. The van der Waals surface area contributed by atoms with E-state index in [0.29, 0.717) is 17.9 Å². The molecule has 3 rings (SSSR count). The van der Waals surface area contributed by atoms with E-state index in [1.54, 1.807) is 0 Å². The molecular weight excluding hydrogens is 304 g/mol. The van der Waals surface area contributed by atoms with E-state index in [4.69, 9.17) is 9.84 Å². The maximum Gasteiger partial charge on any atom is 0.161 e. The molecular formula is C20H30O4. The molecule has 1 aliphatic heterocycles. The van der Waals surface area contributed by atoms with Crippen molar-refractivity contribution in [1.29, 1.82) is 0 Å². The second-order valence-electron chi connectivity index (χ2n) is 8.70. The SMILES string of the molecule is C=C1CCC2OC2(C)CCC2C1CC2(C)C(=O)C=CC(C)(O)CO. The highest BCUT2D eigenvalue weighted by Gasteiger charge is 2.58. The van der Waals surface area contributed by atoms with Crippen LogP contribution in [-0.2, 0) is 9.53 Å². The van der Waals surface area contributed by atoms with Gasteiger partial charge in [-0.05, 0) is 69.9 Å². The van der Waals surface area contributed by atoms with Crippen LogP contribution in [0.25, 0.3) is 0 Å². The van der Waals surface area contributed by atoms with Crippen molar-refractivity contribution in [3.63, 3.8) is 0 Å². The summed E-state index contributed by atoms with van der Waals surface area (Å²) in [7, 11) is 0. The molecule has 4 heteroatoms. The van der Waals surface area contributed by atoms with Crippen LogP contribution in [0.2, 0.25) is 0 Å². The van der Waals surface area contributed by atoms with Crippen molar-refractivity contribution in [2.45, 2.75) is 70.2 Å². The van der Waals surface area contributed by atoms with Crippen molar-refractivity contribution >= 4 is 5.78 Å². The monoisotopic (exact) mass is 334 g/mol. The first-order valence-electron chi connectivity index (χ1n) is 9.04. The Morgan fingerprint density at radius 3 is 2.83 bits per heavy atom. The first kappa shape index (κ1) is 17.8. The highest BCUT2D eigenvalue weighted by atomic mass is 16.6. The molecule has 2 N–H and O–H groups in total. The van der Waals surface area contributed by atoms with Gasteiger partial charge in [0.15, 0.2) is 5.78 Å². The fraction of sp³-hybridized carbons (Fsp3) is 0.750. The Morgan fingerprint density at radius 2 is 2.17 bits per heavy atom. The normalized spacial score (nSPS) is 44.4. The van der Waals surface area contributed by atoms with Gasteiger partial charge in [0, 0.05) is 5.41 Å². The van der Waals surface area contributed by atoms with Crippen LogP contribution in [0.4, 0.5) is 0 Å². The Labute approximate surface area is 144 Å². The van der Waals surface area contributed by atoms with Gasteiger partial charge in [0.2, 0.25) is 0 Å². The molecule has 0 aromatic carbocycles. The number of hydrogen-bond donors (Lipinski definition) is 2. The van der Waals surface area contributed by atoms with E-state index < -0.39 is 17.6 Å². The summed E-state index contributed by atoms with van der Waals surface area (Å²) in [4.78, 5) is 12.8. The largest absolute Gasteiger partial charge is 0.393 e. The van der Waals surface area contributed by atoms with Crippen LogP contribution in [-0.4, -0.2) is 39.9 Å². The fourth-order valence-corrected chi connectivity index (χ4v) is 4.58. The van der Waals surface area contributed by atoms with E-state index >= 15 is 0 Å². The van der Waals surface area contributed by atoms with Crippen LogP contribution in [0, 0.1) is 17.3 Å². The van der Waals surface area contributed by atoms with Crippen molar-refractivity contribution < 1.29 is 19.7 Å². The third-order valence-corrected chi connectivity index (χ3v) is 6.66. The standard InChI is InChI=1S/C20H30O4/c1-13-5-6-17-20(4,24-17)10-7-15-14(13)11-19(15,3)16(22)8-9-18(2,23)12-21/h8-9,14-15,17,21,23H,1,5-7,10-12H2,2-4H3. The average molecular weight is 334 g/mol. The number of carbonyl (C=O) groups is 1. The van der Waals surface area contributed by atoms with Gasteiger partial charge in [-0.1, -0.05) is 19.1 Å². The number of epoxide rings is 1. The molecule has 0 amide bonds. The van der Waals surface area contributed by atoms with Crippen molar-refractivity contribution in [1.82, 2.24) is 0 Å². The summed E-state index contributed by atoms with van der Waals surface area (Å²) in [6.07, 6.45) is 8.07. The van der Waals surface area contributed by atoms with Gasteiger partial charge in [-0.2, -0.15) is 0 Å². The van der Waals surface area contributed by atoms with Crippen molar-refractivity contribution in [2.75, 3.05) is 6.61 Å². The molecule has 6 unspecified atom stereocenters. The third-order valence-electron chi connectivity index (χ3n) is 6.66. The third kappa shape index (κ3) is 3.00. The number of allylic oxidation sites excluding steroid dienone is 2. The molecule has 24 heavy (non-hydrogen) atoms.